The van der Waals surface area contributed by atoms with Crippen molar-refractivity contribution in [3.8, 4) is 0 Å². The SMILES string of the molecule is C=CCN(Cc1cc(Br)ccc1F)C(=O)[C@H]1CCNC1. The quantitative estimate of drug-likeness (QED) is 0.836. The van der Waals surface area contributed by atoms with Gasteiger partial charge in [-0.2, -0.15) is 0 Å². The topological polar surface area (TPSA) is 32.3 Å². The first-order valence-corrected chi connectivity index (χ1v) is 7.45. The Morgan fingerprint density at radius 2 is 2.40 bits per heavy atom. The molecular weight excluding hydrogens is 323 g/mol. The maximum Gasteiger partial charge on any atom is 0.227 e. The van der Waals surface area contributed by atoms with Gasteiger partial charge in [0, 0.05) is 29.7 Å². The molecule has 2 rings (SSSR count). The zero-order valence-electron chi connectivity index (χ0n) is 11.2. The maximum atomic E-state index is 13.8. The van der Waals surface area contributed by atoms with Gasteiger partial charge in [0.05, 0.1) is 5.92 Å². The summed E-state index contributed by atoms with van der Waals surface area (Å²) in [6.45, 7) is 5.95. The van der Waals surface area contributed by atoms with Gasteiger partial charge in [-0.15, -0.1) is 6.58 Å². The highest BCUT2D eigenvalue weighted by Gasteiger charge is 2.27. The molecule has 1 aliphatic heterocycles. The Kier molecular flexibility index (Phi) is 5.31. The van der Waals surface area contributed by atoms with Crippen LogP contribution in [-0.2, 0) is 11.3 Å². The van der Waals surface area contributed by atoms with Crippen molar-refractivity contribution in [1.82, 2.24) is 10.2 Å². The molecule has 0 spiro atoms. The summed E-state index contributed by atoms with van der Waals surface area (Å²) < 4.78 is 14.6. The number of halogens is 2. The highest BCUT2D eigenvalue weighted by molar-refractivity contribution is 9.10. The number of amides is 1. The number of benzene rings is 1. The fourth-order valence-corrected chi connectivity index (χ4v) is 2.79. The van der Waals surface area contributed by atoms with Crippen LogP contribution in [0.5, 0.6) is 0 Å². The zero-order chi connectivity index (χ0) is 14.5. The third kappa shape index (κ3) is 3.67. The van der Waals surface area contributed by atoms with Crippen molar-refractivity contribution in [2.45, 2.75) is 13.0 Å². The fourth-order valence-electron chi connectivity index (χ4n) is 2.38. The highest BCUT2D eigenvalue weighted by Crippen LogP contribution is 2.19. The molecule has 3 nitrogen and oxygen atoms in total. The second-order valence-corrected chi connectivity index (χ2v) is 5.85. The molecule has 0 aliphatic carbocycles. The lowest BCUT2D eigenvalue weighted by atomic mass is 10.1. The van der Waals surface area contributed by atoms with Gasteiger partial charge in [-0.3, -0.25) is 4.79 Å². The molecule has 20 heavy (non-hydrogen) atoms. The van der Waals surface area contributed by atoms with Crippen LogP contribution in [0.3, 0.4) is 0 Å². The van der Waals surface area contributed by atoms with E-state index < -0.39 is 0 Å². The number of nitrogens with zero attached hydrogens (tertiary/aromatic N) is 1. The van der Waals surface area contributed by atoms with E-state index >= 15 is 0 Å². The number of hydrogen-bond donors (Lipinski definition) is 1. The molecule has 0 radical (unpaired) electrons. The van der Waals surface area contributed by atoms with E-state index in [2.05, 4.69) is 27.8 Å². The van der Waals surface area contributed by atoms with Crippen LogP contribution in [0.15, 0.2) is 35.3 Å². The van der Waals surface area contributed by atoms with Crippen molar-refractivity contribution in [3.63, 3.8) is 0 Å². The van der Waals surface area contributed by atoms with Crippen LogP contribution < -0.4 is 5.32 Å². The molecule has 0 aromatic heterocycles. The summed E-state index contributed by atoms with van der Waals surface area (Å²) >= 11 is 3.33. The molecule has 1 N–H and O–H groups in total. The minimum Gasteiger partial charge on any atom is -0.334 e. The zero-order valence-corrected chi connectivity index (χ0v) is 12.8. The first-order chi connectivity index (χ1) is 9.61. The van der Waals surface area contributed by atoms with Gasteiger partial charge in [-0.05, 0) is 31.2 Å². The molecule has 1 saturated heterocycles. The average Bonchev–Trinajstić information content (AvgIpc) is 2.95. The van der Waals surface area contributed by atoms with E-state index in [0.29, 0.717) is 18.7 Å². The Morgan fingerprint density at radius 3 is 3.05 bits per heavy atom. The predicted molar refractivity (Wildman–Crippen MR) is 80.7 cm³/mol. The van der Waals surface area contributed by atoms with Crippen LogP contribution in [0.4, 0.5) is 4.39 Å². The Labute approximate surface area is 127 Å². The van der Waals surface area contributed by atoms with Gasteiger partial charge in [0.25, 0.3) is 0 Å². The lowest BCUT2D eigenvalue weighted by Gasteiger charge is -2.24. The van der Waals surface area contributed by atoms with Crippen LogP contribution >= 0.6 is 15.9 Å². The molecule has 1 amide bonds. The third-order valence-corrected chi connectivity index (χ3v) is 3.93. The van der Waals surface area contributed by atoms with Gasteiger partial charge >= 0.3 is 0 Å². The summed E-state index contributed by atoms with van der Waals surface area (Å²) in [7, 11) is 0. The first-order valence-electron chi connectivity index (χ1n) is 6.66. The van der Waals surface area contributed by atoms with E-state index in [1.165, 1.54) is 6.07 Å². The largest absolute Gasteiger partial charge is 0.334 e. The smallest absolute Gasteiger partial charge is 0.227 e. The van der Waals surface area contributed by atoms with Crippen molar-refractivity contribution < 1.29 is 9.18 Å². The molecule has 1 aromatic rings. The second kappa shape index (κ2) is 6.99. The molecule has 1 aliphatic rings. The number of carbonyl (C=O) groups is 1. The summed E-state index contributed by atoms with van der Waals surface area (Å²) in [5, 5.41) is 3.18. The third-order valence-electron chi connectivity index (χ3n) is 3.44. The second-order valence-electron chi connectivity index (χ2n) is 4.93. The lowest BCUT2D eigenvalue weighted by molar-refractivity contribution is -0.135. The molecular formula is C15H18BrFN2O. The minimum absolute atomic E-state index is 0.00911. The monoisotopic (exact) mass is 340 g/mol. The van der Waals surface area contributed by atoms with E-state index in [0.717, 1.165) is 17.4 Å². The summed E-state index contributed by atoms with van der Waals surface area (Å²) in [6, 6.07) is 4.78. The molecule has 0 unspecified atom stereocenters. The van der Waals surface area contributed by atoms with Crippen LogP contribution in [0, 0.1) is 11.7 Å². The number of nitrogens with one attached hydrogen (secondary N) is 1. The van der Waals surface area contributed by atoms with E-state index in [4.69, 9.17) is 0 Å². The molecule has 0 saturated carbocycles. The van der Waals surface area contributed by atoms with E-state index in [1.807, 2.05) is 0 Å². The minimum atomic E-state index is -0.292. The van der Waals surface area contributed by atoms with Gasteiger partial charge in [-0.25, -0.2) is 4.39 Å². The van der Waals surface area contributed by atoms with Gasteiger partial charge in [0.2, 0.25) is 5.91 Å². The molecule has 1 aromatic carbocycles. The molecule has 0 bridgehead atoms. The van der Waals surface area contributed by atoms with Crippen LogP contribution in [-0.4, -0.2) is 30.4 Å². The Balaban J connectivity index is 2.13. The summed E-state index contributed by atoms with van der Waals surface area (Å²) in [4.78, 5) is 14.1. The van der Waals surface area contributed by atoms with E-state index in [-0.39, 0.29) is 24.2 Å². The Hall–Kier alpha value is -1.20. The number of rotatable bonds is 5. The first kappa shape index (κ1) is 15.2. The average molecular weight is 341 g/mol. The van der Waals surface area contributed by atoms with Crippen LogP contribution in [0.1, 0.15) is 12.0 Å². The van der Waals surface area contributed by atoms with Crippen molar-refractivity contribution in [3.05, 3.63) is 46.7 Å². The van der Waals surface area contributed by atoms with Gasteiger partial charge in [-0.1, -0.05) is 22.0 Å². The Morgan fingerprint density at radius 1 is 1.60 bits per heavy atom. The summed E-state index contributed by atoms with van der Waals surface area (Å²) in [5.74, 6) is -0.237. The van der Waals surface area contributed by atoms with Crippen molar-refractivity contribution in [2.24, 2.45) is 5.92 Å². The van der Waals surface area contributed by atoms with Crippen molar-refractivity contribution in [1.29, 1.82) is 0 Å². The number of carbonyl (C=O) groups excluding carboxylic acids is 1. The normalized spacial score (nSPS) is 18.0. The van der Waals surface area contributed by atoms with E-state index in [9.17, 15) is 9.18 Å². The van der Waals surface area contributed by atoms with Gasteiger partial charge < -0.3 is 10.2 Å². The maximum absolute atomic E-state index is 13.8. The Bertz CT molecular complexity index is 501. The molecule has 1 heterocycles. The fraction of sp³-hybridized carbons (Fsp3) is 0.400. The summed E-state index contributed by atoms with van der Waals surface area (Å²) in [6.07, 6.45) is 2.52. The molecule has 1 fully saturated rings. The van der Waals surface area contributed by atoms with Gasteiger partial charge in [0.1, 0.15) is 5.82 Å². The van der Waals surface area contributed by atoms with Crippen molar-refractivity contribution in [2.75, 3.05) is 19.6 Å². The predicted octanol–water partition coefficient (Wildman–Crippen LogP) is 2.71. The number of hydrogen-bond acceptors (Lipinski definition) is 2. The molecule has 1 atom stereocenters. The lowest BCUT2D eigenvalue weighted by Crippen LogP contribution is -2.37. The highest BCUT2D eigenvalue weighted by atomic mass is 79.9. The van der Waals surface area contributed by atoms with Gasteiger partial charge in [0.15, 0.2) is 0 Å². The van der Waals surface area contributed by atoms with Crippen molar-refractivity contribution >= 4 is 21.8 Å². The molecule has 108 valence electrons. The van der Waals surface area contributed by atoms with Crippen LogP contribution in [0.25, 0.3) is 0 Å². The summed E-state index contributed by atoms with van der Waals surface area (Å²) in [5.41, 5.74) is 0.514. The van der Waals surface area contributed by atoms with E-state index in [1.54, 1.807) is 23.1 Å². The van der Waals surface area contributed by atoms with Crippen LogP contribution in [0.2, 0.25) is 0 Å². The molecule has 5 heteroatoms. The standard InChI is InChI=1S/C15H18BrFN2O/c1-2-7-19(15(20)11-5-6-18-9-11)10-12-8-13(16)3-4-14(12)17/h2-4,8,11,18H,1,5-7,9-10H2/t11-/m0/s1.